The largest absolute Gasteiger partial charge is 0.458 e. The number of halogens is 1. The van der Waals surface area contributed by atoms with Gasteiger partial charge >= 0.3 is 5.97 Å². The SMILES string of the molecule is CC(C)(C)OC(=O)COC1(c2nc(Br)cs2)CC2CCC(C1)N2. The molecule has 3 rings (SSSR count). The van der Waals surface area contributed by atoms with Gasteiger partial charge in [0.25, 0.3) is 0 Å². The highest BCUT2D eigenvalue weighted by Crippen LogP contribution is 2.45. The van der Waals surface area contributed by atoms with Crippen molar-refractivity contribution in [3.63, 3.8) is 0 Å². The maximum absolute atomic E-state index is 12.1. The number of fused-ring (bicyclic) bond motifs is 2. The molecule has 2 aliphatic rings. The van der Waals surface area contributed by atoms with Gasteiger partial charge in [-0.25, -0.2) is 9.78 Å². The van der Waals surface area contributed by atoms with Gasteiger partial charge < -0.3 is 14.8 Å². The van der Waals surface area contributed by atoms with Crippen LogP contribution in [0.25, 0.3) is 0 Å². The minimum absolute atomic E-state index is 0.0338. The third kappa shape index (κ3) is 4.13. The molecular formula is C16H23BrN2O3S. The highest BCUT2D eigenvalue weighted by Gasteiger charge is 2.48. The first kappa shape index (κ1) is 17.3. The Bertz CT molecular complexity index is 572. The van der Waals surface area contributed by atoms with E-state index in [1.54, 1.807) is 11.3 Å². The highest BCUT2D eigenvalue weighted by molar-refractivity contribution is 9.10. The van der Waals surface area contributed by atoms with E-state index >= 15 is 0 Å². The van der Waals surface area contributed by atoms with E-state index in [1.807, 2.05) is 26.2 Å². The van der Waals surface area contributed by atoms with Crippen molar-refractivity contribution in [2.24, 2.45) is 0 Å². The van der Waals surface area contributed by atoms with E-state index in [4.69, 9.17) is 9.47 Å². The molecule has 0 radical (unpaired) electrons. The van der Waals surface area contributed by atoms with Crippen molar-refractivity contribution in [2.45, 2.75) is 69.7 Å². The summed E-state index contributed by atoms with van der Waals surface area (Å²) in [5, 5.41) is 6.54. The monoisotopic (exact) mass is 402 g/mol. The molecule has 2 fully saturated rings. The normalized spacial score (nSPS) is 30.4. The summed E-state index contributed by atoms with van der Waals surface area (Å²) in [5.41, 5.74) is -0.977. The smallest absolute Gasteiger partial charge is 0.332 e. The van der Waals surface area contributed by atoms with E-state index in [1.165, 1.54) is 0 Å². The van der Waals surface area contributed by atoms with Crippen molar-refractivity contribution >= 4 is 33.2 Å². The van der Waals surface area contributed by atoms with Crippen LogP contribution in [0, 0.1) is 0 Å². The second-order valence-corrected chi connectivity index (χ2v) is 9.06. The molecule has 2 aliphatic heterocycles. The maximum atomic E-state index is 12.1. The quantitative estimate of drug-likeness (QED) is 0.782. The van der Waals surface area contributed by atoms with Crippen molar-refractivity contribution in [3.05, 3.63) is 15.0 Å². The van der Waals surface area contributed by atoms with E-state index in [2.05, 4.69) is 26.2 Å². The molecule has 2 bridgehead atoms. The second kappa shape index (κ2) is 6.43. The first-order chi connectivity index (χ1) is 10.8. The van der Waals surface area contributed by atoms with Crippen LogP contribution >= 0.6 is 27.3 Å². The highest BCUT2D eigenvalue weighted by atomic mass is 79.9. The number of carbonyl (C=O) groups is 1. The number of thiazole rings is 1. The number of nitrogens with zero attached hydrogens (tertiary/aromatic N) is 1. The Morgan fingerprint density at radius 1 is 1.43 bits per heavy atom. The van der Waals surface area contributed by atoms with Crippen LogP contribution in [0.5, 0.6) is 0 Å². The summed E-state index contributed by atoms with van der Waals surface area (Å²) < 4.78 is 12.4. The molecule has 0 amide bonds. The number of aromatic nitrogens is 1. The molecule has 0 aromatic carbocycles. The minimum Gasteiger partial charge on any atom is -0.458 e. The summed E-state index contributed by atoms with van der Waals surface area (Å²) in [7, 11) is 0. The number of nitrogens with one attached hydrogen (secondary N) is 1. The summed E-state index contributed by atoms with van der Waals surface area (Å²) in [6, 6.07) is 0.880. The third-order valence-corrected chi connectivity index (χ3v) is 5.98. The summed E-state index contributed by atoms with van der Waals surface area (Å²) in [6.07, 6.45) is 4.03. The molecule has 23 heavy (non-hydrogen) atoms. The van der Waals surface area contributed by atoms with Gasteiger partial charge in [0.2, 0.25) is 0 Å². The van der Waals surface area contributed by atoms with Gasteiger partial charge in [-0.15, -0.1) is 11.3 Å². The van der Waals surface area contributed by atoms with Crippen molar-refractivity contribution in [3.8, 4) is 0 Å². The fraction of sp³-hybridized carbons (Fsp3) is 0.750. The molecule has 0 saturated carbocycles. The van der Waals surface area contributed by atoms with Crippen LogP contribution in [0.4, 0.5) is 0 Å². The molecule has 2 unspecified atom stereocenters. The second-order valence-electron chi connectivity index (χ2n) is 7.39. The Balaban J connectivity index is 1.75. The Morgan fingerprint density at radius 2 is 2.09 bits per heavy atom. The van der Waals surface area contributed by atoms with E-state index in [0.717, 1.165) is 35.3 Å². The molecular weight excluding hydrogens is 380 g/mol. The summed E-state index contributed by atoms with van der Waals surface area (Å²) in [4.78, 5) is 16.7. The van der Waals surface area contributed by atoms with E-state index < -0.39 is 11.2 Å². The van der Waals surface area contributed by atoms with Gasteiger partial charge in [0.1, 0.15) is 27.4 Å². The predicted molar refractivity (Wildman–Crippen MR) is 92.5 cm³/mol. The molecule has 2 atom stereocenters. The number of hydrogen-bond donors (Lipinski definition) is 1. The molecule has 2 saturated heterocycles. The van der Waals surface area contributed by atoms with E-state index in [9.17, 15) is 4.79 Å². The van der Waals surface area contributed by atoms with Gasteiger partial charge in [-0.1, -0.05) is 0 Å². The zero-order valence-corrected chi connectivity index (χ0v) is 16.1. The van der Waals surface area contributed by atoms with Gasteiger partial charge in [-0.05, 0) is 62.4 Å². The lowest BCUT2D eigenvalue weighted by atomic mass is 9.87. The average Bonchev–Trinajstić information content (AvgIpc) is 3.01. The zero-order chi connectivity index (χ0) is 16.7. The first-order valence-corrected chi connectivity index (χ1v) is 9.66. The fourth-order valence-electron chi connectivity index (χ4n) is 3.49. The third-order valence-electron chi connectivity index (χ3n) is 4.24. The molecule has 3 heterocycles. The van der Waals surface area contributed by atoms with Crippen LogP contribution in [-0.4, -0.2) is 35.2 Å². The molecule has 5 nitrogen and oxygen atoms in total. The van der Waals surface area contributed by atoms with Crippen molar-refractivity contribution in [1.82, 2.24) is 10.3 Å². The van der Waals surface area contributed by atoms with Gasteiger partial charge in [0, 0.05) is 17.5 Å². The Morgan fingerprint density at radius 3 is 2.61 bits per heavy atom. The molecule has 7 heteroatoms. The van der Waals surface area contributed by atoms with Gasteiger partial charge in [-0.3, -0.25) is 0 Å². The molecule has 0 spiro atoms. The standard InChI is InChI=1S/C16H23BrN2O3S/c1-15(2,3)22-13(20)8-21-16(14-19-12(17)9-23-14)6-10-4-5-11(7-16)18-10/h9-11,18H,4-8H2,1-3H3. The lowest BCUT2D eigenvalue weighted by molar-refractivity contribution is -0.171. The van der Waals surface area contributed by atoms with Gasteiger partial charge in [0.05, 0.1) is 0 Å². The maximum Gasteiger partial charge on any atom is 0.332 e. The molecule has 128 valence electrons. The molecule has 1 N–H and O–H groups in total. The summed E-state index contributed by atoms with van der Waals surface area (Å²) >= 11 is 5.01. The number of hydrogen-bond acceptors (Lipinski definition) is 6. The van der Waals surface area contributed by atoms with Gasteiger partial charge in [-0.2, -0.15) is 0 Å². The van der Waals surface area contributed by atoms with Crippen LogP contribution < -0.4 is 5.32 Å². The number of piperidine rings is 1. The van der Waals surface area contributed by atoms with Crippen LogP contribution in [0.1, 0.15) is 51.5 Å². The van der Waals surface area contributed by atoms with Crippen LogP contribution in [-0.2, 0) is 19.9 Å². The van der Waals surface area contributed by atoms with Crippen LogP contribution in [0.3, 0.4) is 0 Å². The molecule has 1 aromatic rings. The zero-order valence-electron chi connectivity index (χ0n) is 13.7. The number of esters is 1. The lowest BCUT2D eigenvalue weighted by Crippen LogP contribution is -2.49. The number of ether oxygens (including phenoxy) is 2. The fourth-order valence-corrected chi connectivity index (χ4v) is 4.92. The van der Waals surface area contributed by atoms with E-state index in [0.29, 0.717) is 12.1 Å². The molecule has 0 aliphatic carbocycles. The Labute approximate surface area is 149 Å². The van der Waals surface area contributed by atoms with Crippen molar-refractivity contribution in [1.29, 1.82) is 0 Å². The average molecular weight is 403 g/mol. The Hall–Kier alpha value is -0.500. The summed E-state index contributed by atoms with van der Waals surface area (Å²) in [6.45, 7) is 5.56. The van der Waals surface area contributed by atoms with E-state index in [-0.39, 0.29) is 12.6 Å². The topological polar surface area (TPSA) is 60.5 Å². The van der Waals surface area contributed by atoms with Gasteiger partial charge in [0.15, 0.2) is 0 Å². The van der Waals surface area contributed by atoms with Crippen molar-refractivity contribution in [2.75, 3.05) is 6.61 Å². The number of carbonyl (C=O) groups excluding carboxylic acids is 1. The summed E-state index contributed by atoms with van der Waals surface area (Å²) in [5.74, 6) is -0.321. The minimum atomic E-state index is -0.495. The van der Waals surface area contributed by atoms with Crippen LogP contribution in [0.2, 0.25) is 0 Å². The van der Waals surface area contributed by atoms with Crippen molar-refractivity contribution < 1.29 is 14.3 Å². The first-order valence-electron chi connectivity index (χ1n) is 7.99. The lowest BCUT2D eigenvalue weighted by Gasteiger charge is -2.39. The Kier molecular flexibility index (Phi) is 4.84. The number of rotatable bonds is 4. The van der Waals surface area contributed by atoms with Crippen LogP contribution in [0.15, 0.2) is 9.98 Å². The predicted octanol–water partition coefficient (Wildman–Crippen LogP) is 3.37. The molecule has 1 aromatic heterocycles.